The van der Waals surface area contributed by atoms with Gasteiger partial charge in [0.05, 0.1) is 26.9 Å². The van der Waals surface area contributed by atoms with Crippen LogP contribution in [-0.4, -0.2) is 33.8 Å². The largest absolute Gasteiger partial charge is 0.493 e. The van der Waals surface area contributed by atoms with Gasteiger partial charge in [0.2, 0.25) is 5.75 Å². The zero-order valence-electron chi connectivity index (χ0n) is 12.1. The van der Waals surface area contributed by atoms with Gasteiger partial charge in [0, 0.05) is 6.54 Å². The monoisotopic (exact) mass is 267 g/mol. The van der Waals surface area contributed by atoms with E-state index in [0.29, 0.717) is 35.3 Å². The normalized spacial score (nSPS) is 10.2. The highest BCUT2D eigenvalue weighted by molar-refractivity contribution is 5.98. The summed E-state index contributed by atoms with van der Waals surface area (Å²) >= 11 is 0. The lowest BCUT2D eigenvalue weighted by Gasteiger charge is -2.16. The number of hydrogen-bond donors (Lipinski definition) is 1. The molecule has 0 aromatic heterocycles. The maximum absolute atomic E-state index is 12.1. The van der Waals surface area contributed by atoms with Gasteiger partial charge in [0.1, 0.15) is 0 Å². The second-order valence-electron chi connectivity index (χ2n) is 4.49. The molecule has 1 amide bonds. The molecule has 0 radical (unpaired) electrons. The number of rotatable bonds is 6. The van der Waals surface area contributed by atoms with Crippen molar-refractivity contribution in [2.45, 2.75) is 13.8 Å². The van der Waals surface area contributed by atoms with E-state index in [1.807, 2.05) is 13.8 Å². The highest BCUT2D eigenvalue weighted by atomic mass is 16.5. The fourth-order valence-electron chi connectivity index (χ4n) is 1.67. The van der Waals surface area contributed by atoms with E-state index >= 15 is 0 Å². The third-order valence-electron chi connectivity index (χ3n) is 2.62. The third kappa shape index (κ3) is 3.53. The summed E-state index contributed by atoms with van der Waals surface area (Å²) in [6.45, 7) is 4.68. The van der Waals surface area contributed by atoms with Crippen molar-refractivity contribution in [3.05, 3.63) is 17.7 Å². The van der Waals surface area contributed by atoms with E-state index in [1.54, 1.807) is 12.1 Å². The van der Waals surface area contributed by atoms with Gasteiger partial charge < -0.3 is 19.5 Å². The average molecular weight is 267 g/mol. The lowest BCUT2D eigenvalue weighted by Crippen LogP contribution is -2.27. The predicted molar refractivity (Wildman–Crippen MR) is 73.3 cm³/mol. The van der Waals surface area contributed by atoms with Crippen LogP contribution in [0.1, 0.15) is 24.2 Å². The van der Waals surface area contributed by atoms with Crippen LogP contribution in [0.2, 0.25) is 0 Å². The SMILES string of the molecule is COc1ccc(C(=O)NCC(C)C)c(OC)c1OC. The quantitative estimate of drug-likeness (QED) is 0.857. The predicted octanol–water partition coefficient (Wildman–Crippen LogP) is 2.10. The van der Waals surface area contributed by atoms with Crippen molar-refractivity contribution >= 4 is 5.91 Å². The van der Waals surface area contributed by atoms with E-state index in [-0.39, 0.29) is 5.91 Å². The van der Waals surface area contributed by atoms with Crippen molar-refractivity contribution < 1.29 is 19.0 Å². The average Bonchev–Trinajstić information content (AvgIpc) is 2.42. The molecular weight excluding hydrogens is 246 g/mol. The molecular formula is C14H21NO4. The number of methoxy groups -OCH3 is 3. The van der Waals surface area contributed by atoms with Gasteiger partial charge in [0.15, 0.2) is 11.5 Å². The molecule has 0 saturated heterocycles. The number of benzene rings is 1. The van der Waals surface area contributed by atoms with Gasteiger partial charge in [0.25, 0.3) is 5.91 Å². The molecule has 1 N–H and O–H groups in total. The van der Waals surface area contributed by atoms with Crippen molar-refractivity contribution in [2.24, 2.45) is 5.92 Å². The number of ether oxygens (including phenoxy) is 3. The Bertz CT molecular complexity index is 443. The van der Waals surface area contributed by atoms with E-state index in [1.165, 1.54) is 21.3 Å². The summed E-state index contributed by atoms with van der Waals surface area (Å²) in [5.41, 5.74) is 0.431. The summed E-state index contributed by atoms with van der Waals surface area (Å²) in [5.74, 6) is 1.52. The zero-order valence-corrected chi connectivity index (χ0v) is 12.1. The first-order chi connectivity index (χ1) is 9.04. The first-order valence-corrected chi connectivity index (χ1v) is 6.12. The molecule has 5 nitrogen and oxygen atoms in total. The molecule has 106 valence electrons. The highest BCUT2D eigenvalue weighted by Crippen LogP contribution is 2.39. The molecule has 0 heterocycles. The minimum atomic E-state index is -0.188. The molecule has 0 aliphatic rings. The minimum Gasteiger partial charge on any atom is -0.493 e. The maximum Gasteiger partial charge on any atom is 0.255 e. The van der Waals surface area contributed by atoms with Crippen LogP contribution in [-0.2, 0) is 0 Å². The number of hydrogen-bond acceptors (Lipinski definition) is 4. The fraction of sp³-hybridized carbons (Fsp3) is 0.500. The molecule has 0 fully saturated rings. The van der Waals surface area contributed by atoms with Crippen LogP contribution < -0.4 is 19.5 Å². The topological polar surface area (TPSA) is 56.8 Å². The lowest BCUT2D eigenvalue weighted by molar-refractivity contribution is 0.0945. The van der Waals surface area contributed by atoms with E-state index in [4.69, 9.17) is 14.2 Å². The van der Waals surface area contributed by atoms with Crippen LogP contribution in [0.3, 0.4) is 0 Å². The van der Waals surface area contributed by atoms with Crippen molar-refractivity contribution in [1.82, 2.24) is 5.32 Å². The summed E-state index contributed by atoms with van der Waals surface area (Å²) < 4.78 is 15.7. The summed E-state index contributed by atoms with van der Waals surface area (Å²) in [4.78, 5) is 12.1. The summed E-state index contributed by atoms with van der Waals surface area (Å²) in [5, 5.41) is 2.85. The van der Waals surface area contributed by atoms with Gasteiger partial charge >= 0.3 is 0 Å². The smallest absolute Gasteiger partial charge is 0.255 e. The molecule has 0 aliphatic carbocycles. The van der Waals surface area contributed by atoms with Gasteiger partial charge in [-0.15, -0.1) is 0 Å². The van der Waals surface area contributed by atoms with Crippen LogP contribution in [0.5, 0.6) is 17.2 Å². The summed E-state index contributed by atoms with van der Waals surface area (Å²) in [6, 6.07) is 3.35. The summed E-state index contributed by atoms with van der Waals surface area (Å²) in [6.07, 6.45) is 0. The van der Waals surface area contributed by atoms with Gasteiger partial charge in [-0.3, -0.25) is 4.79 Å². The Morgan fingerprint density at radius 1 is 1.11 bits per heavy atom. The maximum atomic E-state index is 12.1. The van der Waals surface area contributed by atoms with Gasteiger partial charge in [-0.1, -0.05) is 13.8 Å². The van der Waals surface area contributed by atoms with Crippen LogP contribution in [0, 0.1) is 5.92 Å². The molecule has 5 heteroatoms. The van der Waals surface area contributed by atoms with Crippen LogP contribution in [0.15, 0.2) is 12.1 Å². The summed E-state index contributed by atoms with van der Waals surface area (Å²) in [7, 11) is 4.54. The molecule has 0 spiro atoms. The Balaban J connectivity index is 3.10. The van der Waals surface area contributed by atoms with E-state index in [9.17, 15) is 4.79 Å². The number of carbonyl (C=O) groups is 1. The van der Waals surface area contributed by atoms with Gasteiger partial charge in [-0.25, -0.2) is 0 Å². The first kappa shape index (κ1) is 15.1. The Hall–Kier alpha value is -1.91. The van der Waals surface area contributed by atoms with Gasteiger partial charge in [-0.2, -0.15) is 0 Å². The standard InChI is InChI=1S/C14H21NO4/c1-9(2)8-15-14(16)10-6-7-11(17-3)13(19-5)12(10)18-4/h6-7,9H,8H2,1-5H3,(H,15,16). The second-order valence-corrected chi connectivity index (χ2v) is 4.49. The van der Waals surface area contributed by atoms with Crippen LogP contribution in [0.4, 0.5) is 0 Å². The van der Waals surface area contributed by atoms with Crippen LogP contribution in [0.25, 0.3) is 0 Å². The van der Waals surface area contributed by atoms with E-state index < -0.39 is 0 Å². The van der Waals surface area contributed by atoms with E-state index in [2.05, 4.69) is 5.32 Å². The number of amides is 1. The molecule has 19 heavy (non-hydrogen) atoms. The van der Waals surface area contributed by atoms with Crippen molar-refractivity contribution in [1.29, 1.82) is 0 Å². The Morgan fingerprint density at radius 2 is 1.74 bits per heavy atom. The molecule has 0 saturated carbocycles. The third-order valence-corrected chi connectivity index (χ3v) is 2.62. The lowest BCUT2D eigenvalue weighted by atomic mass is 10.1. The molecule has 0 atom stereocenters. The Labute approximate surface area is 113 Å². The fourth-order valence-corrected chi connectivity index (χ4v) is 1.67. The van der Waals surface area contributed by atoms with E-state index in [0.717, 1.165) is 0 Å². The molecule has 1 aromatic carbocycles. The zero-order chi connectivity index (χ0) is 14.4. The first-order valence-electron chi connectivity index (χ1n) is 6.12. The van der Waals surface area contributed by atoms with Crippen LogP contribution >= 0.6 is 0 Å². The molecule has 0 bridgehead atoms. The number of carbonyl (C=O) groups excluding carboxylic acids is 1. The Morgan fingerprint density at radius 3 is 2.21 bits per heavy atom. The van der Waals surface area contributed by atoms with Crippen molar-refractivity contribution in [3.63, 3.8) is 0 Å². The second kappa shape index (κ2) is 6.87. The molecule has 0 unspecified atom stereocenters. The Kier molecular flexibility index (Phi) is 5.48. The minimum absolute atomic E-state index is 0.188. The van der Waals surface area contributed by atoms with Gasteiger partial charge in [-0.05, 0) is 18.1 Å². The molecule has 1 rings (SSSR count). The molecule has 1 aromatic rings. The highest BCUT2D eigenvalue weighted by Gasteiger charge is 2.20. The molecule has 0 aliphatic heterocycles. The van der Waals surface area contributed by atoms with Crippen molar-refractivity contribution in [3.8, 4) is 17.2 Å². The number of nitrogens with one attached hydrogen (secondary N) is 1. The van der Waals surface area contributed by atoms with Crippen molar-refractivity contribution in [2.75, 3.05) is 27.9 Å².